The Morgan fingerprint density at radius 1 is 1.20 bits per heavy atom. The Morgan fingerprint density at radius 3 is 2.61 bits per heavy atom. The van der Waals surface area contributed by atoms with Crippen molar-refractivity contribution in [2.45, 2.75) is 23.8 Å². The first kappa shape index (κ1) is 30.5. The summed E-state index contributed by atoms with van der Waals surface area (Å²) in [4.78, 5) is 17.8. The van der Waals surface area contributed by atoms with E-state index in [9.17, 15) is 26.0 Å². The van der Waals surface area contributed by atoms with Crippen LogP contribution in [0.3, 0.4) is 0 Å². The zero-order chi connectivity index (χ0) is 31.6. The molecule has 1 aliphatic heterocycles. The zero-order valence-electron chi connectivity index (χ0n) is 23.7. The minimum atomic E-state index is -4.09. The molecule has 0 saturated carbocycles. The standard InChI is InChI=1S/C28H27ClFN5O6S3/c1-31-26(36)23-20-13-19(17-5-4-10-34(15-17)44(39,40)27-25(29)32-28-35(27)11-12-42-28)21(33(2)43(3,37)38)14-22(20)41-24(23)16-6-8-18(30)9-7-16/h6-9,11-14,17H,4-5,10,15H2,1-3H3,(H,31,36)/t17-/m0/s1. The van der Waals surface area contributed by atoms with Gasteiger partial charge in [0, 0.05) is 55.8 Å². The molecule has 3 aromatic heterocycles. The van der Waals surface area contributed by atoms with Gasteiger partial charge in [-0.1, -0.05) is 11.6 Å². The number of sulfonamides is 2. The van der Waals surface area contributed by atoms with Gasteiger partial charge < -0.3 is 9.73 Å². The van der Waals surface area contributed by atoms with Crippen LogP contribution in [0.5, 0.6) is 0 Å². The van der Waals surface area contributed by atoms with E-state index in [-0.39, 0.29) is 45.9 Å². The Morgan fingerprint density at radius 2 is 1.93 bits per heavy atom. The van der Waals surface area contributed by atoms with Gasteiger partial charge >= 0.3 is 0 Å². The Bertz CT molecular complexity index is 2140. The van der Waals surface area contributed by atoms with Crippen LogP contribution >= 0.6 is 22.9 Å². The molecule has 0 radical (unpaired) electrons. The Balaban J connectivity index is 1.51. The molecule has 1 N–H and O–H groups in total. The number of carbonyl (C=O) groups is 1. The number of thiazole rings is 1. The lowest BCUT2D eigenvalue weighted by Gasteiger charge is -2.34. The van der Waals surface area contributed by atoms with Gasteiger partial charge in [-0.25, -0.2) is 26.2 Å². The second-order valence-electron chi connectivity index (χ2n) is 10.5. The van der Waals surface area contributed by atoms with Gasteiger partial charge in [-0.2, -0.15) is 4.31 Å². The Labute approximate surface area is 261 Å². The highest BCUT2D eigenvalue weighted by atomic mass is 35.5. The lowest BCUT2D eigenvalue weighted by atomic mass is 9.89. The molecule has 44 heavy (non-hydrogen) atoms. The second-order valence-corrected chi connectivity index (χ2v) is 15.6. The molecule has 1 fully saturated rings. The predicted molar refractivity (Wildman–Crippen MR) is 167 cm³/mol. The van der Waals surface area contributed by atoms with Crippen LogP contribution in [0.1, 0.15) is 34.7 Å². The fraction of sp³-hybridized carbons (Fsp3) is 0.286. The van der Waals surface area contributed by atoms with E-state index in [1.165, 1.54) is 58.4 Å². The van der Waals surface area contributed by atoms with Crippen molar-refractivity contribution in [2.75, 3.05) is 37.7 Å². The first-order valence-electron chi connectivity index (χ1n) is 13.4. The number of imidazole rings is 1. The van der Waals surface area contributed by atoms with E-state index in [1.54, 1.807) is 23.7 Å². The minimum Gasteiger partial charge on any atom is -0.455 e. The smallest absolute Gasteiger partial charge is 0.262 e. The summed E-state index contributed by atoms with van der Waals surface area (Å²) >= 11 is 7.56. The molecule has 1 saturated heterocycles. The van der Waals surface area contributed by atoms with E-state index in [0.717, 1.165) is 10.6 Å². The van der Waals surface area contributed by atoms with Crippen molar-refractivity contribution in [1.29, 1.82) is 0 Å². The predicted octanol–water partition coefficient (Wildman–Crippen LogP) is 4.93. The van der Waals surface area contributed by atoms with Crippen LogP contribution < -0.4 is 9.62 Å². The van der Waals surface area contributed by atoms with Gasteiger partial charge in [0.1, 0.15) is 17.2 Å². The second kappa shape index (κ2) is 11.1. The average Bonchev–Trinajstić information content (AvgIpc) is 3.68. The normalized spacial score (nSPS) is 16.5. The van der Waals surface area contributed by atoms with Crippen molar-refractivity contribution in [3.63, 3.8) is 0 Å². The molecule has 0 spiro atoms. The Hall–Kier alpha value is -3.50. The van der Waals surface area contributed by atoms with E-state index in [1.807, 2.05) is 0 Å². The van der Waals surface area contributed by atoms with Crippen LogP contribution in [0, 0.1) is 5.82 Å². The molecule has 6 rings (SSSR count). The van der Waals surface area contributed by atoms with Gasteiger partial charge in [0.25, 0.3) is 15.9 Å². The van der Waals surface area contributed by atoms with Crippen LogP contribution in [0.15, 0.2) is 57.4 Å². The van der Waals surface area contributed by atoms with Crippen molar-refractivity contribution in [1.82, 2.24) is 19.0 Å². The highest BCUT2D eigenvalue weighted by Gasteiger charge is 2.37. The van der Waals surface area contributed by atoms with Crippen molar-refractivity contribution in [3.05, 3.63) is 70.1 Å². The fourth-order valence-electron chi connectivity index (χ4n) is 5.59. The monoisotopic (exact) mass is 679 g/mol. The van der Waals surface area contributed by atoms with Gasteiger partial charge in [-0.05, 0) is 54.7 Å². The van der Waals surface area contributed by atoms with Crippen LogP contribution in [-0.4, -0.2) is 69.9 Å². The molecule has 0 bridgehead atoms. The van der Waals surface area contributed by atoms with Gasteiger partial charge in [0.2, 0.25) is 10.0 Å². The summed E-state index contributed by atoms with van der Waals surface area (Å²) in [6.07, 6.45) is 3.70. The van der Waals surface area contributed by atoms with Crippen molar-refractivity contribution in [3.8, 4) is 11.3 Å². The zero-order valence-corrected chi connectivity index (χ0v) is 26.9. The number of anilines is 1. The summed E-state index contributed by atoms with van der Waals surface area (Å²) in [5, 5.41) is 4.49. The molecule has 0 unspecified atom stereocenters. The summed E-state index contributed by atoms with van der Waals surface area (Å²) in [6.45, 7) is 0.264. The third kappa shape index (κ3) is 5.15. The van der Waals surface area contributed by atoms with Gasteiger partial charge in [0.15, 0.2) is 15.1 Å². The molecule has 4 heterocycles. The number of hydrogen-bond acceptors (Lipinski definition) is 8. The van der Waals surface area contributed by atoms with Crippen molar-refractivity contribution < 1.29 is 30.4 Å². The van der Waals surface area contributed by atoms with Gasteiger partial charge in [0.05, 0.1) is 17.5 Å². The number of furan rings is 1. The molecular formula is C28H27ClFN5O6S3. The van der Waals surface area contributed by atoms with E-state index in [0.29, 0.717) is 34.3 Å². The van der Waals surface area contributed by atoms with Crippen LogP contribution in [0.25, 0.3) is 27.3 Å². The van der Waals surface area contributed by atoms with E-state index in [4.69, 9.17) is 16.0 Å². The number of nitrogens with zero attached hydrogens (tertiary/aromatic N) is 4. The van der Waals surface area contributed by atoms with Crippen LogP contribution in [0.4, 0.5) is 10.1 Å². The van der Waals surface area contributed by atoms with Crippen molar-refractivity contribution in [2.24, 2.45) is 0 Å². The number of nitrogens with one attached hydrogen (secondary N) is 1. The molecular weight excluding hydrogens is 653 g/mol. The van der Waals surface area contributed by atoms with E-state index >= 15 is 0 Å². The minimum absolute atomic E-state index is 0.0319. The molecule has 1 aliphatic rings. The first-order chi connectivity index (χ1) is 20.8. The van der Waals surface area contributed by atoms with Gasteiger partial charge in [-0.3, -0.25) is 13.5 Å². The summed E-state index contributed by atoms with van der Waals surface area (Å²) in [5.41, 5.74) is 1.70. The molecule has 0 aliphatic carbocycles. The third-order valence-electron chi connectivity index (χ3n) is 7.82. The molecule has 1 amide bonds. The number of hydrogen-bond donors (Lipinski definition) is 1. The third-order valence-corrected chi connectivity index (χ3v) is 12.0. The highest BCUT2D eigenvalue weighted by Crippen LogP contribution is 2.43. The number of piperidine rings is 1. The molecule has 11 nitrogen and oxygen atoms in total. The molecule has 232 valence electrons. The fourth-order valence-corrected chi connectivity index (χ4v) is 9.03. The SMILES string of the molecule is CNC(=O)c1c(-c2ccc(F)cc2)oc2cc(N(C)S(C)(=O)=O)c([C@H]3CCCN(S(=O)(=O)c4c(Cl)nc5sccn45)C3)cc12. The lowest BCUT2D eigenvalue weighted by Crippen LogP contribution is -2.40. The Kier molecular flexibility index (Phi) is 7.73. The maximum absolute atomic E-state index is 13.9. The quantitative estimate of drug-likeness (QED) is 0.258. The van der Waals surface area contributed by atoms with Gasteiger partial charge in [-0.15, -0.1) is 11.3 Å². The number of halogens is 2. The largest absolute Gasteiger partial charge is 0.455 e. The summed E-state index contributed by atoms with van der Waals surface area (Å²) in [7, 11) is -4.97. The number of rotatable bonds is 7. The average molecular weight is 680 g/mol. The first-order valence-corrected chi connectivity index (χ1v) is 18.0. The summed E-state index contributed by atoms with van der Waals surface area (Å²) < 4.78 is 77.0. The molecule has 2 aromatic carbocycles. The summed E-state index contributed by atoms with van der Waals surface area (Å²) in [5.74, 6) is -1.18. The van der Waals surface area contributed by atoms with Crippen molar-refractivity contribution >= 4 is 70.5 Å². The number of amides is 1. The van der Waals surface area contributed by atoms with Crippen LogP contribution in [-0.2, 0) is 20.0 Å². The molecule has 16 heteroatoms. The van der Waals surface area contributed by atoms with E-state index < -0.39 is 37.7 Å². The number of benzene rings is 2. The van der Waals surface area contributed by atoms with E-state index in [2.05, 4.69) is 10.3 Å². The summed E-state index contributed by atoms with van der Waals surface area (Å²) in [6, 6.07) is 8.70. The number of carbonyl (C=O) groups excluding carboxylic acids is 1. The number of fused-ring (bicyclic) bond motifs is 2. The molecule has 1 atom stereocenters. The maximum atomic E-state index is 13.9. The lowest BCUT2D eigenvalue weighted by molar-refractivity contribution is 0.0964. The molecule has 5 aromatic rings. The van der Waals surface area contributed by atoms with Crippen LogP contribution in [0.2, 0.25) is 5.15 Å². The topological polar surface area (TPSA) is 134 Å². The number of aromatic nitrogens is 2. The highest BCUT2D eigenvalue weighted by molar-refractivity contribution is 7.92. The maximum Gasteiger partial charge on any atom is 0.262 e.